The second-order valence-electron chi connectivity index (χ2n) is 13.6. The predicted molar refractivity (Wildman–Crippen MR) is 161 cm³/mol. The number of benzene rings is 2. The molecule has 0 bridgehead atoms. The van der Waals surface area contributed by atoms with Gasteiger partial charge in [0.2, 0.25) is 0 Å². The van der Waals surface area contributed by atoms with E-state index in [1.54, 1.807) is 0 Å². The Balaban J connectivity index is 1.95. The highest BCUT2D eigenvalue weighted by Crippen LogP contribution is 2.38. The van der Waals surface area contributed by atoms with E-state index in [-0.39, 0.29) is 34.1 Å². The van der Waals surface area contributed by atoms with E-state index in [1.165, 1.54) is 5.56 Å². The molecular formula is C32H45BrN2O2. The number of phenols is 2. The van der Waals surface area contributed by atoms with Gasteiger partial charge in [-0.15, -0.1) is 0 Å². The molecule has 1 aliphatic rings. The van der Waals surface area contributed by atoms with Crippen LogP contribution in [0, 0.1) is 0 Å². The van der Waals surface area contributed by atoms with E-state index in [2.05, 4.69) is 90.4 Å². The Labute approximate surface area is 232 Å². The lowest BCUT2D eigenvalue weighted by molar-refractivity contribution is 0.390. The van der Waals surface area contributed by atoms with Crippen LogP contribution in [-0.2, 0) is 16.2 Å². The molecule has 4 nitrogen and oxygen atoms in total. The molecule has 1 saturated carbocycles. The zero-order chi connectivity index (χ0) is 27.8. The summed E-state index contributed by atoms with van der Waals surface area (Å²) in [7, 11) is 0. The Morgan fingerprint density at radius 1 is 0.676 bits per heavy atom. The van der Waals surface area contributed by atoms with Crippen molar-refractivity contribution in [2.75, 3.05) is 0 Å². The van der Waals surface area contributed by atoms with Crippen LogP contribution in [0.15, 0.2) is 38.7 Å². The smallest absolute Gasteiger partial charge is 0.128 e. The Morgan fingerprint density at radius 2 is 1.11 bits per heavy atom. The standard InChI is InChI=1S/C32H45BrN2O2/c1-30(2,3)22-14-20(28(36)24(16-22)31(4,5)6)18-34-26-12-10-11-13-27(26)35-19-21-15-23(33)17-25(29(21)37)32(7,8)9/h14-19,26-27,36-37H,10-13H2,1-9H3/t26-,27-/m1/s1. The van der Waals surface area contributed by atoms with Gasteiger partial charge in [-0.25, -0.2) is 0 Å². The second-order valence-corrected chi connectivity index (χ2v) is 14.5. The van der Waals surface area contributed by atoms with Crippen LogP contribution in [0.4, 0.5) is 0 Å². The predicted octanol–water partition coefficient (Wildman–Crippen LogP) is 8.60. The van der Waals surface area contributed by atoms with E-state index < -0.39 is 0 Å². The van der Waals surface area contributed by atoms with Gasteiger partial charge < -0.3 is 10.2 Å². The van der Waals surface area contributed by atoms with Gasteiger partial charge in [0, 0.05) is 39.2 Å². The Hall–Kier alpha value is -2.14. The van der Waals surface area contributed by atoms with Crippen molar-refractivity contribution in [3.05, 3.63) is 56.6 Å². The van der Waals surface area contributed by atoms with Crippen molar-refractivity contribution < 1.29 is 10.2 Å². The molecule has 2 aromatic rings. The number of hydrogen-bond donors (Lipinski definition) is 2. The zero-order valence-corrected chi connectivity index (χ0v) is 25.7. The summed E-state index contributed by atoms with van der Waals surface area (Å²) < 4.78 is 0.929. The van der Waals surface area contributed by atoms with Crippen LogP contribution >= 0.6 is 15.9 Å². The largest absolute Gasteiger partial charge is 0.507 e. The molecule has 0 unspecified atom stereocenters. The molecule has 0 heterocycles. The topological polar surface area (TPSA) is 65.2 Å². The Bertz CT molecular complexity index is 1180. The molecule has 0 spiro atoms. The van der Waals surface area contributed by atoms with Crippen LogP contribution in [0.1, 0.15) is 116 Å². The first-order valence-corrected chi connectivity index (χ1v) is 14.2. The van der Waals surface area contributed by atoms with Crippen LogP contribution in [0.5, 0.6) is 11.5 Å². The molecule has 1 fully saturated rings. The van der Waals surface area contributed by atoms with Crippen LogP contribution in [0.25, 0.3) is 0 Å². The lowest BCUT2D eigenvalue weighted by atomic mass is 9.79. The molecule has 5 heteroatoms. The van der Waals surface area contributed by atoms with Gasteiger partial charge >= 0.3 is 0 Å². The molecule has 202 valence electrons. The first kappa shape index (κ1) is 29.4. The molecule has 3 rings (SSSR count). The first-order valence-electron chi connectivity index (χ1n) is 13.5. The highest BCUT2D eigenvalue weighted by atomic mass is 79.9. The van der Waals surface area contributed by atoms with Crippen molar-refractivity contribution in [2.24, 2.45) is 9.98 Å². The van der Waals surface area contributed by atoms with Gasteiger partial charge in [-0.3, -0.25) is 9.98 Å². The van der Waals surface area contributed by atoms with Crippen molar-refractivity contribution in [2.45, 2.75) is 116 Å². The lowest BCUT2D eigenvalue weighted by Crippen LogP contribution is -2.27. The third-order valence-electron chi connectivity index (χ3n) is 7.23. The number of rotatable bonds is 4. The number of halogens is 1. The summed E-state index contributed by atoms with van der Waals surface area (Å²) in [5.41, 5.74) is 4.13. The maximum Gasteiger partial charge on any atom is 0.128 e. The van der Waals surface area contributed by atoms with Crippen molar-refractivity contribution in [1.82, 2.24) is 0 Å². The molecule has 0 amide bonds. The zero-order valence-electron chi connectivity index (χ0n) is 24.1. The van der Waals surface area contributed by atoms with E-state index in [1.807, 2.05) is 24.6 Å². The monoisotopic (exact) mass is 568 g/mol. The third kappa shape index (κ3) is 7.25. The molecule has 0 aromatic heterocycles. The van der Waals surface area contributed by atoms with Crippen LogP contribution in [0.2, 0.25) is 0 Å². The molecule has 2 N–H and O–H groups in total. The summed E-state index contributed by atoms with van der Waals surface area (Å²) in [5, 5.41) is 22.1. The van der Waals surface area contributed by atoms with Gasteiger partial charge in [0.15, 0.2) is 0 Å². The van der Waals surface area contributed by atoms with Gasteiger partial charge in [-0.05, 0) is 52.8 Å². The molecule has 37 heavy (non-hydrogen) atoms. The van der Waals surface area contributed by atoms with Gasteiger partial charge in [-0.1, -0.05) is 97.2 Å². The molecule has 0 radical (unpaired) electrons. The summed E-state index contributed by atoms with van der Waals surface area (Å²) in [6, 6.07) is 8.18. The molecule has 1 aliphatic carbocycles. The Kier molecular flexibility index (Phi) is 8.68. The van der Waals surface area contributed by atoms with Gasteiger partial charge in [0.25, 0.3) is 0 Å². The summed E-state index contributed by atoms with van der Waals surface area (Å²) in [6.45, 7) is 19.3. The summed E-state index contributed by atoms with van der Waals surface area (Å²) in [5.74, 6) is 0.600. The quantitative estimate of drug-likeness (QED) is 0.362. The summed E-state index contributed by atoms with van der Waals surface area (Å²) in [6.07, 6.45) is 7.81. The fourth-order valence-corrected chi connectivity index (χ4v) is 5.32. The van der Waals surface area contributed by atoms with Crippen LogP contribution < -0.4 is 0 Å². The molecule has 0 saturated heterocycles. The van der Waals surface area contributed by atoms with Gasteiger partial charge in [-0.2, -0.15) is 0 Å². The van der Waals surface area contributed by atoms with Crippen molar-refractivity contribution in [3.8, 4) is 11.5 Å². The number of phenolic OH excluding ortho intramolecular Hbond substituents is 2. The lowest BCUT2D eigenvalue weighted by Gasteiger charge is -2.28. The number of nitrogens with zero attached hydrogens (tertiary/aromatic N) is 2. The first-order chi connectivity index (χ1) is 17.0. The number of aliphatic imine (C=N–C) groups is 2. The second kappa shape index (κ2) is 10.9. The maximum atomic E-state index is 11.2. The maximum absolute atomic E-state index is 11.2. The molecule has 2 aromatic carbocycles. The van der Waals surface area contributed by atoms with Crippen molar-refractivity contribution in [1.29, 1.82) is 0 Å². The minimum Gasteiger partial charge on any atom is -0.507 e. The highest BCUT2D eigenvalue weighted by Gasteiger charge is 2.27. The SMILES string of the molecule is CC(C)(C)c1cc(C=N[C@@H]2CCCC[C@H]2N=Cc2cc(Br)cc(C(C)(C)C)c2O)c(O)c(C(C)(C)C)c1. The minimum atomic E-state index is -0.177. The number of hydrogen-bond acceptors (Lipinski definition) is 4. The minimum absolute atomic E-state index is 0.0359. The summed E-state index contributed by atoms with van der Waals surface area (Å²) in [4.78, 5) is 9.91. The van der Waals surface area contributed by atoms with E-state index in [9.17, 15) is 10.2 Å². The van der Waals surface area contributed by atoms with Gasteiger partial charge in [0.1, 0.15) is 11.5 Å². The molecular weight excluding hydrogens is 524 g/mol. The van der Waals surface area contributed by atoms with E-state index in [4.69, 9.17) is 9.98 Å². The molecule has 0 aliphatic heterocycles. The van der Waals surface area contributed by atoms with E-state index in [0.717, 1.165) is 52.4 Å². The molecule has 2 atom stereocenters. The van der Waals surface area contributed by atoms with Crippen LogP contribution in [0.3, 0.4) is 0 Å². The van der Waals surface area contributed by atoms with Crippen molar-refractivity contribution in [3.63, 3.8) is 0 Å². The van der Waals surface area contributed by atoms with E-state index in [0.29, 0.717) is 5.75 Å². The van der Waals surface area contributed by atoms with Crippen molar-refractivity contribution >= 4 is 28.4 Å². The highest BCUT2D eigenvalue weighted by molar-refractivity contribution is 9.10. The average molecular weight is 570 g/mol. The summed E-state index contributed by atoms with van der Waals surface area (Å²) >= 11 is 3.59. The van der Waals surface area contributed by atoms with E-state index >= 15 is 0 Å². The Morgan fingerprint density at radius 3 is 1.54 bits per heavy atom. The fraction of sp³-hybridized carbons (Fsp3) is 0.562. The fourth-order valence-electron chi connectivity index (χ4n) is 4.84. The van der Waals surface area contributed by atoms with Crippen LogP contribution in [-0.4, -0.2) is 34.7 Å². The average Bonchev–Trinajstić information content (AvgIpc) is 2.77. The van der Waals surface area contributed by atoms with Gasteiger partial charge in [0.05, 0.1) is 12.1 Å². The number of aromatic hydroxyl groups is 2. The third-order valence-corrected chi connectivity index (χ3v) is 7.69. The normalized spacial score (nSPS) is 19.7.